The molecule has 1 heterocycles. The summed E-state index contributed by atoms with van der Waals surface area (Å²) in [6.07, 6.45) is 6.47. The first kappa shape index (κ1) is 51.6. The molecule has 6 rings (SSSR count). The Morgan fingerprint density at radius 2 is 1.26 bits per heavy atom. The van der Waals surface area contributed by atoms with Gasteiger partial charge in [-0.2, -0.15) is 0 Å². The fourth-order valence-electron chi connectivity index (χ4n) is 9.76. The van der Waals surface area contributed by atoms with Crippen LogP contribution in [-0.2, 0) is 34.9 Å². The average molecular weight is 902 g/mol. The van der Waals surface area contributed by atoms with Crippen LogP contribution in [0.5, 0.6) is 0 Å². The molecule has 5 amide bonds. The minimum absolute atomic E-state index is 0.0132. The van der Waals surface area contributed by atoms with Gasteiger partial charge in [0.25, 0.3) is 11.8 Å². The van der Waals surface area contributed by atoms with Crippen LogP contribution in [0.2, 0.25) is 0 Å². The summed E-state index contributed by atoms with van der Waals surface area (Å²) in [6.45, 7) is 13.3. The van der Waals surface area contributed by atoms with Crippen molar-refractivity contribution in [2.45, 2.75) is 161 Å². The monoisotopic (exact) mass is 902 g/mol. The Kier molecular flexibility index (Phi) is 18.6. The van der Waals surface area contributed by atoms with Gasteiger partial charge >= 0.3 is 7.12 Å². The van der Waals surface area contributed by atoms with E-state index >= 15 is 0 Å². The molecule has 9 atom stereocenters. The summed E-state index contributed by atoms with van der Waals surface area (Å²) >= 11 is 0. The van der Waals surface area contributed by atoms with Crippen LogP contribution in [0.3, 0.4) is 0 Å². The first-order valence-corrected chi connectivity index (χ1v) is 23.9. The normalized spacial score (nSPS) is 22.9. The highest BCUT2D eigenvalue weighted by Crippen LogP contribution is 2.65. The zero-order valence-corrected chi connectivity index (χ0v) is 39.5. The van der Waals surface area contributed by atoms with E-state index in [1.807, 2.05) is 26.0 Å². The number of carbonyl (C=O) groups is 5. The zero-order chi connectivity index (χ0) is 47.5. The van der Waals surface area contributed by atoms with Gasteiger partial charge in [0.2, 0.25) is 17.7 Å². The largest absolute Gasteiger partial charge is 0.497 e. The van der Waals surface area contributed by atoms with Gasteiger partial charge in [0.15, 0.2) is 6.17 Å². The molecule has 0 spiro atoms. The standard InChI is InChI=1S/C48H76BN9O7/c1-7-8-13-30-16-18-31(19-17-30)32-20-22-33(23-21-32)41(59)54-35(14-9-11-24-50)42(60)55-36(15-10-12-25-51)43(61)57-40(52)45(63)56-37(26-29(2)3)44(62)58-46(53)49-64-39-28-34-27-38(47(34,4)5)48(39,6)65-49/h16-23,29,34-40,46H,7-15,24-28,50-53H2,1-6H3,(H,54,59)(H,55,60)(H,56,63)(H,57,61)(H,58,62)/t34-,35+,36-,37-,38-,39?,40+,46+,48-/m0/s1. The number of nitrogens with one attached hydrogen (secondary N) is 5. The third-order valence-corrected chi connectivity index (χ3v) is 13.9. The molecule has 2 bridgehead atoms. The molecule has 0 radical (unpaired) electrons. The van der Waals surface area contributed by atoms with Crippen molar-refractivity contribution in [2.75, 3.05) is 13.1 Å². The van der Waals surface area contributed by atoms with Gasteiger partial charge < -0.3 is 58.8 Å². The Balaban J connectivity index is 1.19. The summed E-state index contributed by atoms with van der Waals surface area (Å²) in [6, 6.07) is 11.4. The van der Waals surface area contributed by atoms with E-state index in [0.717, 1.165) is 43.2 Å². The molecular formula is C48H76BN9O7. The second kappa shape index (κ2) is 23.4. The second-order valence-electron chi connectivity index (χ2n) is 19.6. The molecule has 65 heavy (non-hydrogen) atoms. The third-order valence-electron chi connectivity index (χ3n) is 13.9. The van der Waals surface area contributed by atoms with E-state index in [1.165, 1.54) is 5.56 Å². The van der Waals surface area contributed by atoms with Crippen LogP contribution < -0.4 is 49.5 Å². The average Bonchev–Trinajstić information content (AvgIpc) is 3.65. The van der Waals surface area contributed by atoms with E-state index in [0.29, 0.717) is 56.2 Å². The number of rotatable bonds is 25. The Morgan fingerprint density at radius 3 is 1.83 bits per heavy atom. The van der Waals surface area contributed by atoms with E-state index in [1.54, 1.807) is 12.1 Å². The number of amides is 5. The quantitative estimate of drug-likeness (QED) is 0.0397. The molecule has 13 N–H and O–H groups in total. The SMILES string of the molecule is CCCCc1ccc(-c2ccc(C(=O)N[C@H](CCCCN)C(=O)N[C@@H](CCCCN)C(=O)N[C@@H](N)C(=O)N[C@@H](CC(C)C)C(=O)N[C@@H](N)B3OC4C[C@@H]5C[C@@H](C5(C)C)[C@]4(C)O3)cc2)cc1. The molecule has 4 aliphatic rings. The van der Waals surface area contributed by atoms with Crippen LogP contribution >= 0.6 is 0 Å². The minimum atomic E-state index is -1.58. The Labute approximate surface area is 386 Å². The van der Waals surface area contributed by atoms with Gasteiger partial charge in [-0.25, -0.2) is 0 Å². The van der Waals surface area contributed by atoms with Crippen molar-refractivity contribution in [3.8, 4) is 11.1 Å². The molecule has 4 fully saturated rings. The predicted octanol–water partition coefficient (Wildman–Crippen LogP) is 3.14. The summed E-state index contributed by atoms with van der Waals surface area (Å²) in [5, 5.41) is 13.6. The highest BCUT2D eigenvalue weighted by atomic mass is 16.7. The van der Waals surface area contributed by atoms with Crippen molar-refractivity contribution >= 4 is 36.7 Å². The smallest absolute Gasteiger partial charge is 0.403 e. The van der Waals surface area contributed by atoms with Gasteiger partial charge in [0, 0.05) is 5.56 Å². The van der Waals surface area contributed by atoms with Crippen molar-refractivity contribution in [2.24, 2.45) is 46.1 Å². The first-order valence-electron chi connectivity index (χ1n) is 23.9. The number of hydrogen-bond donors (Lipinski definition) is 9. The molecule has 3 aliphatic carbocycles. The van der Waals surface area contributed by atoms with Crippen LogP contribution in [0.25, 0.3) is 11.1 Å². The molecule has 17 heteroatoms. The van der Waals surface area contributed by atoms with E-state index in [2.05, 4.69) is 78.5 Å². The number of unbranched alkanes of at least 4 members (excludes halogenated alkanes) is 3. The van der Waals surface area contributed by atoms with Crippen LogP contribution in [0, 0.1) is 23.2 Å². The third kappa shape index (κ3) is 13.2. The van der Waals surface area contributed by atoms with Crippen molar-refractivity contribution in [1.82, 2.24) is 26.6 Å². The van der Waals surface area contributed by atoms with Crippen LogP contribution in [0.1, 0.15) is 128 Å². The topological polar surface area (TPSA) is 268 Å². The highest BCUT2D eigenvalue weighted by Gasteiger charge is 2.68. The van der Waals surface area contributed by atoms with Crippen LogP contribution in [0.4, 0.5) is 0 Å². The summed E-state index contributed by atoms with van der Waals surface area (Å²) in [5.41, 5.74) is 27.5. The van der Waals surface area contributed by atoms with Crippen LogP contribution in [-0.4, -0.2) is 91.8 Å². The fourth-order valence-corrected chi connectivity index (χ4v) is 9.76. The van der Waals surface area contributed by atoms with E-state index in [-0.39, 0.29) is 36.7 Å². The lowest BCUT2D eigenvalue weighted by atomic mass is 9.43. The second-order valence-corrected chi connectivity index (χ2v) is 19.6. The molecule has 1 aliphatic heterocycles. The van der Waals surface area contributed by atoms with Crippen molar-refractivity contribution in [3.05, 3.63) is 59.7 Å². The lowest BCUT2D eigenvalue weighted by Gasteiger charge is -2.64. The van der Waals surface area contributed by atoms with Gasteiger partial charge in [0.05, 0.1) is 11.7 Å². The van der Waals surface area contributed by atoms with Crippen molar-refractivity contribution < 1.29 is 33.3 Å². The lowest BCUT2D eigenvalue weighted by Crippen LogP contribution is -2.65. The lowest BCUT2D eigenvalue weighted by molar-refractivity contribution is -0.199. The maximum Gasteiger partial charge on any atom is 0.497 e. The summed E-state index contributed by atoms with van der Waals surface area (Å²) in [5.74, 6) is -2.25. The van der Waals surface area contributed by atoms with E-state index < -0.39 is 72.6 Å². The molecule has 2 aromatic carbocycles. The number of benzene rings is 2. The molecule has 16 nitrogen and oxygen atoms in total. The Morgan fingerprint density at radius 1 is 0.708 bits per heavy atom. The maximum atomic E-state index is 13.9. The predicted molar refractivity (Wildman–Crippen MR) is 253 cm³/mol. The fraction of sp³-hybridized carbons (Fsp3) is 0.646. The molecule has 1 unspecified atom stereocenters. The molecule has 2 aromatic rings. The highest BCUT2D eigenvalue weighted by molar-refractivity contribution is 6.47. The number of carbonyl (C=O) groups excluding carboxylic acids is 5. The van der Waals surface area contributed by atoms with Gasteiger partial charge in [0.1, 0.15) is 24.2 Å². The summed E-state index contributed by atoms with van der Waals surface area (Å²) in [4.78, 5) is 68.4. The van der Waals surface area contributed by atoms with E-state index in [4.69, 9.17) is 32.2 Å². The minimum Gasteiger partial charge on any atom is -0.403 e. The first-order chi connectivity index (χ1) is 30.9. The Hall–Kier alpha value is -4.39. The van der Waals surface area contributed by atoms with Gasteiger partial charge in [-0.15, -0.1) is 0 Å². The number of nitrogens with two attached hydrogens (primary N) is 4. The van der Waals surface area contributed by atoms with Crippen molar-refractivity contribution in [1.29, 1.82) is 0 Å². The van der Waals surface area contributed by atoms with Crippen molar-refractivity contribution in [3.63, 3.8) is 0 Å². The summed E-state index contributed by atoms with van der Waals surface area (Å²) in [7, 11) is -0.864. The van der Waals surface area contributed by atoms with E-state index in [9.17, 15) is 24.0 Å². The van der Waals surface area contributed by atoms with Gasteiger partial charge in [-0.3, -0.25) is 24.0 Å². The molecular weight excluding hydrogens is 825 g/mol. The number of aryl methyl sites for hydroxylation is 1. The van der Waals surface area contributed by atoms with Gasteiger partial charge in [-0.1, -0.05) is 77.4 Å². The zero-order valence-electron chi connectivity index (χ0n) is 39.5. The maximum absolute atomic E-state index is 13.9. The molecule has 1 saturated heterocycles. The molecule has 3 saturated carbocycles. The van der Waals surface area contributed by atoms with Crippen LogP contribution in [0.15, 0.2) is 48.5 Å². The summed E-state index contributed by atoms with van der Waals surface area (Å²) < 4.78 is 12.7. The Bertz CT molecular complexity index is 1920. The number of hydrogen-bond acceptors (Lipinski definition) is 11. The molecule has 0 aromatic heterocycles. The van der Waals surface area contributed by atoms with Gasteiger partial charge in [-0.05, 0) is 143 Å². The molecule has 358 valence electrons.